The lowest BCUT2D eigenvalue weighted by Gasteiger charge is -2.41. The van der Waals surface area contributed by atoms with Crippen molar-refractivity contribution in [2.24, 2.45) is 5.16 Å². The zero-order chi connectivity index (χ0) is 29.3. The number of amides is 1. The summed E-state index contributed by atoms with van der Waals surface area (Å²) < 4.78 is 18.4. The molecule has 1 saturated carbocycles. The van der Waals surface area contributed by atoms with E-state index in [9.17, 15) is 9.59 Å². The molecule has 2 aromatic carbocycles. The molecule has 1 fully saturated rings. The number of hydrogen-bond acceptors (Lipinski definition) is 7. The van der Waals surface area contributed by atoms with E-state index in [2.05, 4.69) is 16.5 Å². The maximum atomic E-state index is 13.4. The van der Waals surface area contributed by atoms with Crippen LogP contribution in [0.25, 0.3) is 11.0 Å². The second-order valence-corrected chi connectivity index (χ2v) is 12.9. The molecule has 0 bridgehead atoms. The summed E-state index contributed by atoms with van der Waals surface area (Å²) in [5.41, 5.74) is 4.15. The van der Waals surface area contributed by atoms with Gasteiger partial charge in [0.15, 0.2) is 6.04 Å². The molecule has 0 saturated heterocycles. The Kier molecular flexibility index (Phi) is 7.73. The third-order valence-corrected chi connectivity index (χ3v) is 8.61. The van der Waals surface area contributed by atoms with E-state index in [0.29, 0.717) is 11.1 Å². The van der Waals surface area contributed by atoms with Crippen LogP contribution in [0, 0.1) is 0 Å². The fourth-order valence-electron chi connectivity index (χ4n) is 6.58. The number of benzene rings is 2. The SMILES string of the molecule is CC(C)(C)OC(=O)NC(C(=O)ON=c1oc2cc3c(cc2c2c1CCCC2)CCC1(CCCCC1)O3)c1ccccc1. The summed E-state index contributed by atoms with van der Waals surface area (Å²) >= 11 is 0. The van der Waals surface area contributed by atoms with E-state index in [-0.39, 0.29) is 11.2 Å². The standard InChI is InChI=1S/C34H40N2O6/c1-33(2,3)41-32(38)35-29(22-12-6-4-7-13-22)31(37)42-36-30-25-15-9-8-14-24(25)26-20-23-16-19-34(17-10-5-11-18-34)40-27(23)21-28(26)39-30/h4,6-7,12-13,20-21,29H,5,8-11,14-19H2,1-3H3,(H,35,38). The highest BCUT2D eigenvalue weighted by Gasteiger charge is 2.38. The number of carbonyl (C=O) groups excluding carboxylic acids is 2. The van der Waals surface area contributed by atoms with E-state index in [1.807, 2.05) is 12.1 Å². The molecule has 2 heterocycles. The number of aryl methyl sites for hydroxylation is 2. The number of fused-ring (bicyclic) bond motifs is 4. The van der Waals surface area contributed by atoms with Crippen molar-refractivity contribution in [3.63, 3.8) is 0 Å². The van der Waals surface area contributed by atoms with Gasteiger partial charge in [-0.15, -0.1) is 0 Å². The zero-order valence-corrected chi connectivity index (χ0v) is 24.8. The third kappa shape index (κ3) is 6.03. The molecule has 1 spiro atoms. The Labute approximate surface area is 246 Å². The average Bonchev–Trinajstić information content (AvgIpc) is 2.97. The lowest BCUT2D eigenvalue weighted by Crippen LogP contribution is -2.41. The molecule has 1 aliphatic heterocycles. The first-order chi connectivity index (χ1) is 20.2. The summed E-state index contributed by atoms with van der Waals surface area (Å²) in [6.45, 7) is 5.29. The normalized spacial score (nSPS) is 18.9. The van der Waals surface area contributed by atoms with Crippen molar-refractivity contribution in [3.8, 4) is 5.75 Å². The quantitative estimate of drug-likeness (QED) is 0.268. The second-order valence-electron chi connectivity index (χ2n) is 12.9. The largest absolute Gasteiger partial charge is 0.487 e. The maximum Gasteiger partial charge on any atom is 0.408 e. The Hall–Kier alpha value is -3.81. The summed E-state index contributed by atoms with van der Waals surface area (Å²) in [7, 11) is 0. The molecule has 6 rings (SSSR count). The van der Waals surface area contributed by atoms with Crippen molar-refractivity contribution in [3.05, 3.63) is 70.3 Å². The molecule has 1 amide bonds. The molecule has 1 unspecified atom stereocenters. The van der Waals surface area contributed by atoms with E-state index < -0.39 is 23.7 Å². The topological polar surface area (TPSA) is 99.4 Å². The summed E-state index contributed by atoms with van der Waals surface area (Å²) in [6.07, 6.45) is 11.0. The van der Waals surface area contributed by atoms with Gasteiger partial charge in [0.1, 0.15) is 22.5 Å². The number of nitrogens with zero attached hydrogens (tertiary/aromatic N) is 1. The van der Waals surface area contributed by atoms with E-state index in [1.54, 1.807) is 45.0 Å². The van der Waals surface area contributed by atoms with Crippen molar-refractivity contribution in [2.75, 3.05) is 0 Å². The molecule has 3 aliphatic rings. The third-order valence-electron chi connectivity index (χ3n) is 8.61. The van der Waals surface area contributed by atoms with Gasteiger partial charge >= 0.3 is 12.1 Å². The van der Waals surface area contributed by atoms with Gasteiger partial charge in [0, 0.05) is 17.0 Å². The minimum atomic E-state index is -1.10. The number of rotatable bonds is 4. The van der Waals surface area contributed by atoms with Crippen molar-refractivity contribution >= 4 is 23.0 Å². The molecule has 222 valence electrons. The lowest BCUT2D eigenvalue weighted by molar-refractivity contribution is -0.147. The van der Waals surface area contributed by atoms with E-state index in [1.165, 1.54) is 30.4 Å². The highest BCUT2D eigenvalue weighted by molar-refractivity contribution is 5.85. The summed E-state index contributed by atoms with van der Waals surface area (Å²) in [6, 6.07) is 12.0. The van der Waals surface area contributed by atoms with Crippen molar-refractivity contribution < 1.29 is 28.3 Å². The van der Waals surface area contributed by atoms with E-state index in [4.69, 9.17) is 18.7 Å². The van der Waals surface area contributed by atoms with Crippen molar-refractivity contribution in [1.82, 2.24) is 5.32 Å². The van der Waals surface area contributed by atoms with Crippen LogP contribution in [0.1, 0.15) is 100 Å². The maximum absolute atomic E-state index is 13.4. The smallest absolute Gasteiger partial charge is 0.408 e. The number of ether oxygens (including phenoxy) is 2. The molecule has 0 radical (unpaired) electrons. The molecular weight excluding hydrogens is 532 g/mol. The number of carbonyl (C=O) groups is 2. The average molecular weight is 573 g/mol. The zero-order valence-electron chi connectivity index (χ0n) is 24.8. The minimum Gasteiger partial charge on any atom is -0.487 e. The van der Waals surface area contributed by atoms with Crippen LogP contribution in [0.2, 0.25) is 0 Å². The first-order valence-corrected chi connectivity index (χ1v) is 15.3. The van der Waals surface area contributed by atoms with Gasteiger partial charge in [-0.3, -0.25) is 0 Å². The number of nitrogens with one attached hydrogen (secondary N) is 1. The van der Waals surface area contributed by atoms with Crippen LogP contribution in [0.3, 0.4) is 0 Å². The Bertz CT molecular complexity index is 1550. The summed E-state index contributed by atoms with van der Waals surface area (Å²) in [5, 5.41) is 7.97. The Morgan fingerprint density at radius 2 is 1.67 bits per heavy atom. The molecule has 3 aromatic rings. The van der Waals surface area contributed by atoms with Crippen LogP contribution < -0.4 is 15.6 Å². The van der Waals surface area contributed by atoms with Gasteiger partial charge in [-0.2, -0.15) is 0 Å². The monoisotopic (exact) mass is 572 g/mol. The van der Waals surface area contributed by atoms with Crippen LogP contribution in [0.5, 0.6) is 5.75 Å². The lowest BCUT2D eigenvalue weighted by atomic mass is 9.78. The van der Waals surface area contributed by atoms with Crippen LogP contribution in [0.4, 0.5) is 4.79 Å². The van der Waals surface area contributed by atoms with Crippen molar-refractivity contribution in [1.29, 1.82) is 0 Å². The molecule has 42 heavy (non-hydrogen) atoms. The van der Waals surface area contributed by atoms with Gasteiger partial charge in [-0.25, -0.2) is 9.59 Å². The van der Waals surface area contributed by atoms with Gasteiger partial charge in [0.05, 0.1) is 0 Å². The van der Waals surface area contributed by atoms with E-state index in [0.717, 1.165) is 68.1 Å². The Morgan fingerprint density at radius 1 is 0.929 bits per heavy atom. The first-order valence-electron chi connectivity index (χ1n) is 15.3. The predicted octanol–water partition coefficient (Wildman–Crippen LogP) is 6.96. The molecule has 1 atom stereocenters. The van der Waals surface area contributed by atoms with Gasteiger partial charge in [-0.05, 0) is 113 Å². The molecule has 8 nitrogen and oxygen atoms in total. The first kappa shape index (κ1) is 28.3. The summed E-state index contributed by atoms with van der Waals surface area (Å²) in [5.74, 6) is 0.156. The molecule has 2 aliphatic carbocycles. The minimum absolute atomic E-state index is 0.0660. The predicted molar refractivity (Wildman–Crippen MR) is 158 cm³/mol. The van der Waals surface area contributed by atoms with Crippen LogP contribution in [-0.4, -0.2) is 23.3 Å². The highest BCUT2D eigenvalue weighted by atomic mass is 16.7. The molecule has 1 N–H and O–H groups in total. The molecule has 1 aromatic heterocycles. The molecular formula is C34H40N2O6. The number of hydrogen-bond donors (Lipinski definition) is 1. The van der Waals surface area contributed by atoms with Crippen molar-refractivity contribution in [2.45, 2.75) is 109 Å². The van der Waals surface area contributed by atoms with Gasteiger partial charge in [0.25, 0.3) is 5.55 Å². The highest BCUT2D eigenvalue weighted by Crippen LogP contribution is 2.43. The van der Waals surface area contributed by atoms with Crippen LogP contribution >= 0.6 is 0 Å². The fourth-order valence-corrected chi connectivity index (χ4v) is 6.58. The Balaban J connectivity index is 1.33. The fraction of sp³-hybridized carbons (Fsp3) is 0.500. The Morgan fingerprint density at radius 3 is 2.40 bits per heavy atom. The second kappa shape index (κ2) is 11.5. The molecule has 8 heteroatoms. The van der Waals surface area contributed by atoms with E-state index >= 15 is 0 Å². The number of alkyl carbamates (subject to hydrolysis) is 1. The van der Waals surface area contributed by atoms with Gasteiger partial charge in [0.2, 0.25) is 0 Å². The van der Waals surface area contributed by atoms with Crippen LogP contribution in [0.15, 0.2) is 52.0 Å². The van der Waals surface area contributed by atoms with Crippen LogP contribution in [-0.2, 0) is 33.6 Å². The van der Waals surface area contributed by atoms with Gasteiger partial charge < -0.3 is 24.0 Å². The van der Waals surface area contributed by atoms with Gasteiger partial charge in [-0.1, -0.05) is 36.8 Å². The summed E-state index contributed by atoms with van der Waals surface area (Å²) in [4.78, 5) is 31.4.